The van der Waals surface area contributed by atoms with Gasteiger partial charge in [0.2, 0.25) is 0 Å². The van der Waals surface area contributed by atoms with Crippen molar-refractivity contribution in [2.75, 3.05) is 26.2 Å². The van der Waals surface area contributed by atoms with Crippen LogP contribution in [-0.4, -0.2) is 61.7 Å². The third-order valence-corrected chi connectivity index (χ3v) is 14.1. The van der Waals surface area contributed by atoms with Gasteiger partial charge < -0.3 is 21.5 Å². The minimum Gasteiger partial charge on any atom is -0.393 e. The van der Waals surface area contributed by atoms with Crippen molar-refractivity contribution in [3.63, 3.8) is 0 Å². The number of fused-ring (bicyclic) bond motifs is 5. The highest BCUT2D eigenvalue weighted by atomic mass is 32.2. The number of hydrogen-bond acceptors (Lipinski definition) is 6. The lowest BCUT2D eigenvalue weighted by molar-refractivity contribution is -0.149. The molecule has 6 N–H and O–H groups in total. The molecule has 7 nitrogen and oxygen atoms in total. The van der Waals surface area contributed by atoms with Crippen LogP contribution in [0, 0.1) is 52.8 Å². The van der Waals surface area contributed by atoms with Crippen molar-refractivity contribution in [2.45, 2.75) is 129 Å². The second kappa shape index (κ2) is 14.7. The Morgan fingerprint density at radius 2 is 1.66 bits per heavy atom. The lowest BCUT2D eigenvalue weighted by Gasteiger charge is -2.60. The van der Waals surface area contributed by atoms with E-state index in [0.717, 1.165) is 58.3 Å². The minimum atomic E-state index is -4.01. The van der Waals surface area contributed by atoms with Crippen LogP contribution in [0.2, 0.25) is 0 Å². The maximum Gasteiger partial charge on any atom is 0.268 e. The second-order valence-electron chi connectivity index (χ2n) is 15.2. The maximum atomic E-state index is 11.9. The van der Waals surface area contributed by atoms with Gasteiger partial charge in [-0.25, -0.2) is 0 Å². The van der Waals surface area contributed by atoms with Crippen molar-refractivity contribution in [1.29, 1.82) is 0 Å². The van der Waals surface area contributed by atoms with Crippen LogP contribution in [-0.2, 0) is 10.1 Å². The van der Waals surface area contributed by atoms with Crippen LogP contribution >= 0.6 is 0 Å². The molecular weight excluding hydrogens is 534 g/mol. The molecule has 11 atom stereocenters. The van der Waals surface area contributed by atoms with Crippen LogP contribution < -0.4 is 16.4 Å². The first kappa shape index (κ1) is 33.6. The van der Waals surface area contributed by atoms with E-state index in [0.29, 0.717) is 59.3 Å². The number of nitrogens with one attached hydrogen (secondary N) is 2. The molecule has 0 saturated heterocycles. The summed E-state index contributed by atoms with van der Waals surface area (Å²) in [6.07, 6.45) is 14.3. The molecule has 0 bridgehead atoms. The van der Waals surface area contributed by atoms with Crippen LogP contribution in [0.15, 0.2) is 0 Å². The molecule has 0 aromatic rings. The fourth-order valence-corrected chi connectivity index (χ4v) is 11.5. The average Bonchev–Trinajstić information content (AvgIpc) is 3.34. The number of aliphatic hydroxyl groups is 1. The van der Waals surface area contributed by atoms with Gasteiger partial charge in [-0.05, 0) is 162 Å². The Morgan fingerprint density at radius 3 is 2.37 bits per heavy atom. The van der Waals surface area contributed by atoms with E-state index in [1.54, 1.807) is 0 Å². The van der Waals surface area contributed by atoms with Crippen LogP contribution in [0.3, 0.4) is 0 Å². The van der Waals surface area contributed by atoms with Gasteiger partial charge in [-0.2, -0.15) is 8.42 Å². The summed E-state index contributed by atoms with van der Waals surface area (Å²) in [4.78, 5) is 0. The summed E-state index contributed by atoms with van der Waals surface area (Å²) in [5.41, 5.74) is 5.92. The Labute approximate surface area is 251 Å². The van der Waals surface area contributed by atoms with E-state index in [2.05, 4.69) is 24.5 Å². The fourth-order valence-electron chi connectivity index (χ4n) is 10.3. The molecular formula is C33H63N3O4S. The SMILES string of the molecule is CC(C)C(CC[C@@H](C)C1CCC2C1CC[C@H]1[C@H]2[C@H](O)C[C@H]2CC(NCCCNCCCCN)CCC21C)S(=O)(=O)O. The zero-order chi connectivity index (χ0) is 29.8. The first-order valence-electron chi connectivity index (χ1n) is 17.3. The predicted molar refractivity (Wildman–Crippen MR) is 168 cm³/mol. The molecule has 4 aliphatic rings. The summed E-state index contributed by atoms with van der Waals surface area (Å²) < 4.78 is 33.6. The van der Waals surface area contributed by atoms with Gasteiger partial charge in [0.1, 0.15) is 0 Å². The Morgan fingerprint density at radius 1 is 0.927 bits per heavy atom. The van der Waals surface area contributed by atoms with Gasteiger partial charge in [-0.1, -0.05) is 27.7 Å². The van der Waals surface area contributed by atoms with Crippen molar-refractivity contribution < 1.29 is 18.1 Å². The first-order chi connectivity index (χ1) is 19.5. The van der Waals surface area contributed by atoms with Gasteiger partial charge >= 0.3 is 0 Å². The van der Waals surface area contributed by atoms with E-state index >= 15 is 0 Å². The molecule has 4 rings (SSSR count). The third-order valence-electron chi connectivity index (χ3n) is 12.6. The van der Waals surface area contributed by atoms with Gasteiger partial charge in [0.15, 0.2) is 0 Å². The smallest absolute Gasteiger partial charge is 0.268 e. The molecule has 6 unspecified atom stereocenters. The van der Waals surface area contributed by atoms with E-state index in [1.807, 2.05) is 13.8 Å². The molecule has 0 spiro atoms. The van der Waals surface area contributed by atoms with Crippen LogP contribution in [0.5, 0.6) is 0 Å². The summed E-state index contributed by atoms with van der Waals surface area (Å²) in [7, 11) is -4.01. The number of aliphatic hydroxyl groups excluding tert-OH is 1. The zero-order valence-electron chi connectivity index (χ0n) is 26.6. The highest BCUT2D eigenvalue weighted by Gasteiger charge is 2.59. The monoisotopic (exact) mass is 597 g/mol. The predicted octanol–water partition coefficient (Wildman–Crippen LogP) is 5.23. The lowest BCUT2D eigenvalue weighted by atomic mass is 9.46. The normalized spacial score (nSPS) is 38.7. The van der Waals surface area contributed by atoms with Crippen LogP contribution in [0.25, 0.3) is 0 Å². The Hall–Kier alpha value is -0.250. The lowest BCUT2D eigenvalue weighted by Crippen LogP contribution is -2.57. The third kappa shape index (κ3) is 7.89. The van der Waals surface area contributed by atoms with Gasteiger partial charge in [0.05, 0.1) is 11.4 Å². The van der Waals surface area contributed by atoms with Crippen molar-refractivity contribution in [3.8, 4) is 0 Å². The molecule has 0 heterocycles. The van der Waals surface area contributed by atoms with Crippen LogP contribution in [0.1, 0.15) is 111 Å². The Kier molecular flexibility index (Phi) is 12.0. The summed E-state index contributed by atoms with van der Waals surface area (Å²) in [6, 6.07) is 0.583. The quantitative estimate of drug-likeness (QED) is 0.129. The Bertz CT molecular complexity index is 916. The van der Waals surface area contributed by atoms with Gasteiger partial charge in [-0.3, -0.25) is 4.55 Å². The van der Waals surface area contributed by atoms with E-state index in [1.165, 1.54) is 44.9 Å². The minimum absolute atomic E-state index is 0.0751. The van der Waals surface area contributed by atoms with Crippen LogP contribution in [0.4, 0.5) is 0 Å². The highest BCUT2D eigenvalue weighted by Crippen LogP contribution is 2.64. The molecule has 0 aromatic carbocycles. The standard InChI is InChI=1S/C33H63N3O4S/c1-22(2)31(41(38,39)40)13-8-23(3)26-9-10-28-27(26)11-12-29-32(28)30(37)21-24-20-25(14-15-33(24,29)4)36-19-7-18-35-17-6-5-16-34/h22-32,35-37H,5-21,34H2,1-4H3,(H,38,39,40)/t23-,24-,25?,26?,27?,28?,29+,30-,31?,32+,33?/m1/s1. The molecule has 0 aliphatic heterocycles. The summed E-state index contributed by atoms with van der Waals surface area (Å²) in [5, 5.41) is 18.4. The molecule has 8 heteroatoms. The molecule has 4 saturated carbocycles. The molecule has 4 fully saturated rings. The van der Waals surface area contributed by atoms with Crippen molar-refractivity contribution in [1.82, 2.24) is 10.6 Å². The second-order valence-corrected chi connectivity index (χ2v) is 16.8. The maximum absolute atomic E-state index is 11.9. The van der Waals surface area contributed by atoms with E-state index in [9.17, 15) is 18.1 Å². The topological polar surface area (TPSA) is 125 Å². The average molecular weight is 598 g/mol. The molecule has 0 aromatic heterocycles. The summed E-state index contributed by atoms with van der Waals surface area (Å²) in [6.45, 7) is 12.6. The highest BCUT2D eigenvalue weighted by molar-refractivity contribution is 7.86. The van der Waals surface area contributed by atoms with Crippen molar-refractivity contribution in [2.24, 2.45) is 58.5 Å². The van der Waals surface area contributed by atoms with E-state index in [-0.39, 0.29) is 12.0 Å². The number of hydrogen-bond donors (Lipinski definition) is 5. The molecule has 240 valence electrons. The van der Waals surface area contributed by atoms with Crippen molar-refractivity contribution in [3.05, 3.63) is 0 Å². The molecule has 4 aliphatic carbocycles. The van der Waals surface area contributed by atoms with E-state index < -0.39 is 15.4 Å². The Balaban J connectivity index is 1.29. The molecule has 41 heavy (non-hydrogen) atoms. The number of unbranched alkanes of at least 4 members (excludes halogenated alkanes) is 1. The molecule has 0 radical (unpaired) electrons. The largest absolute Gasteiger partial charge is 0.393 e. The van der Waals surface area contributed by atoms with Gasteiger partial charge in [0, 0.05) is 6.04 Å². The first-order valence-corrected chi connectivity index (χ1v) is 18.8. The summed E-state index contributed by atoms with van der Waals surface area (Å²) >= 11 is 0. The van der Waals surface area contributed by atoms with E-state index in [4.69, 9.17) is 5.73 Å². The fraction of sp³-hybridized carbons (Fsp3) is 1.00. The number of rotatable bonds is 15. The number of nitrogens with two attached hydrogens (primary N) is 1. The summed E-state index contributed by atoms with van der Waals surface area (Å²) in [5.74, 6) is 3.95. The van der Waals surface area contributed by atoms with Gasteiger partial charge in [-0.15, -0.1) is 0 Å². The van der Waals surface area contributed by atoms with Gasteiger partial charge in [0.25, 0.3) is 10.1 Å². The zero-order valence-corrected chi connectivity index (χ0v) is 27.4. The molecule has 0 amide bonds. The van der Waals surface area contributed by atoms with Crippen molar-refractivity contribution >= 4 is 10.1 Å².